The molecule has 0 amide bonds. The molecule has 0 bridgehead atoms. The van der Waals surface area contributed by atoms with E-state index in [0.717, 1.165) is 52.9 Å². The summed E-state index contributed by atoms with van der Waals surface area (Å²) in [4.78, 5) is 9.07. The Hall–Kier alpha value is -4.61. The summed E-state index contributed by atoms with van der Waals surface area (Å²) < 4.78 is 39.5. The fraction of sp³-hybridized carbons (Fsp3) is 0.242. The van der Waals surface area contributed by atoms with Crippen LogP contribution in [0.15, 0.2) is 92.1 Å². The molecule has 1 aliphatic heterocycles. The van der Waals surface area contributed by atoms with Gasteiger partial charge in [-0.2, -0.15) is 5.26 Å². The quantitative estimate of drug-likeness (QED) is 0.206. The molecule has 0 saturated heterocycles. The molecule has 2 aromatic heterocycles. The van der Waals surface area contributed by atoms with Gasteiger partial charge in [-0.15, -0.1) is 0 Å². The molecule has 2 aromatic carbocycles. The van der Waals surface area contributed by atoms with Gasteiger partial charge in [-0.05, 0) is 61.4 Å². The number of aryl methyl sites for hydroxylation is 2. The highest BCUT2D eigenvalue weighted by atomic mass is 19.1. The van der Waals surface area contributed by atoms with Gasteiger partial charge < -0.3 is 14.0 Å². The number of aromatic nitrogens is 3. The van der Waals surface area contributed by atoms with Crippen molar-refractivity contribution in [3.8, 4) is 34.3 Å². The highest BCUT2D eigenvalue weighted by molar-refractivity contribution is 5.80. The summed E-state index contributed by atoms with van der Waals surface area (Å²) in [6.07, 6.45) is 6.35. The Morgan fingerprint density at radius 1 is 1.17 bits per heavy atom. The molecule has 0 unspecified atom stereocenters. The van der Waals surface area contributed by atoms with Crippen molar-refractivity contribution in [2.45, 2.75) is 39.3 Å². The van der Waals surface area contributed by atoms with E-state index in [1.807, 2.05) is 49.4 Å². The van der Waals surface area contributed by atoms with E-state index < -0.39 is 5.83 Å². The summed E-state index contributed by atoms with van der Waals surface area (Å²) in [5.41, 5.74) is 5.20. The van der Waals surface area contributed by atoms with Crippen LogP contribution in [0.1, 0.15) is 36.3 Å². The predicted octanol–water partition coefficient (Wildman–Crippen LogP) is 7.96. The highest BCUT2D eigenvalue weighted by Crippen LogP contribution is 2.40. The Bertz CT molecular complexity index is 1490. The number of nitriles is 1. The number of ether oxygens (including phenoxy) is 2. The van der Waals surface area contributed by atoms with Crippen molar-refractivity contribution < 1.29 is 18.3 Å². The van der Waals surface area contributed by atoms with Crippen LogP contribution < -0.4 is 4.74 Å². The average molecular weight is 557 g/mol. The van der Waals surface area contributed by atoms with Crippen LogP contribution in [0.2, 0.25) is 0 Å². The van der Waals surface area contributed by atoms with Crippen LogP contribution in [-0.2, 0) is 17.8 Å². The first-order valence-corrected chi connectivity index (χ1v) is 13.1. The number of fused-ring (bicyclic) bond motifs is 1. The van der Waals surface area contributed by atoms with Gasteiger partial charge in [-0.3, -0.25) is 4.98 Å². The van der Waals surface area contributed by atoms with Gasteiger partial charge in [-0.25, -0.2) is 13.8 Å². The largest absolute Gasteiger partial charge is 0.497 e. The lowest BCUT2D eigenvalue weighted by Gasteiger charge is -2.18. The summed E-state index contributed by atoms with van der Waals surface area (Å²) in [6, 6.07) is 18.9. The van der Waals surface area contributed by atoms with Gasteiger partial charge >= 0.3 is 0 Å². The van der Waals surface area contributed by atoms with E-state index in [4.69, 9.17) is 19.7 Å². The molecule has 212 valence electrons. The maximum atomic E-state index is 14.9. The topological polar surface area (TPSA) is 73.0 Å². The zero-order valence-electron chi connectivity index (χ0n) is 23.6. The SMILES string of the molecule is C=CC(=C)F.CC#N.COc1ccc(COC[C@@H]2CCc3nc(-c4cc(C)ccc4F)c(-c4ccncc4)n32)cc1. The van der Waals surface area contributed by atoms with Crippen molar-refractivity contribution in [2.24, 2.45) is 0 Å². The molecule has 0 N–H and O–H groups in total. The van der Waals surface area contributed by atoms with Crippen molar-refractivity contribution in [1.29, 1.82) is 5.26 Å². The van der Waals surface area contributed by atoms with Crippen LogP contribution in [0.5, 0.6) is 5.75 Å². The molecule has 41 heavy (non-hydrogen) atoms. The number of nitrogens with zero attached hydrogens (tertiary/aromatic N) is 4. The minimum atomic E-state index is -0.481. The normalized spacial score (nSPS) is 13.0. The number of imidazole rings is 1. The van der Waals surface area contributed by atoms with Gasteiger partial charge in [0.15, 0.2) is 0 Å². The fourth-order valence-electron chi connectivity index (χ4n) is 4.46. The van der Waals surface area contributed by atoms with E-state index in [-0.39, 0.29) is 11.9 Å². The van der Waals surface area contributed by atoms with Crippen LogP contribution in [0.25, 0.3) is 22.5 Å². The van der Waals surface area contributed by atoms with Crippen molar-refractivity contribution in [2.75, 3.05) is 13.7 Å². The van der Waals surface area contributed by atoms with Crippen LogP contribution in [0, 0.1) is 24.1 Å². The number of hydrogen-bond donors (Lipinski definition) is 0. The fourth-order valence-corrected chi connectivity index (χ4v) is 4.46. The van der Waals surface area contributed by atoms with Crippen molar-refractivity contribution >= 4 is 0 Å². The minimum absolute atomic E-state index is 0.135. The highest BCUT2D eigenvalue weighted by Gasteiger charge is 2.31. The second kappa shape index (κ2) is 15.2. The molecular weight excluding hydrogens is 522 g/mol. The van der Waals surface area contributed by atoms with Gasteiger partial charge in [0.05, 0.1) is 43.8 Å². The first kappa shape index (κ1) is 30.9. The molecular formula is C33H34F2N4O2. The monoisotopic (exact) mass is 556 g/mol. The van der Waals surface area contributed by atoms with Crippen LogP contribution in [-0.4, -0.2) is 28.3 Å². The number of halogens is 2. The average Bonchev–Trinajstić information content (AvgIpc) is 3.55. The first-order chi connectivity index (χ1) is 19.8. The molecule has 8 heteroatoms. The standard InChI is InChI=1S/C27H26FN3O2.C4H5F.C2H3N/c1-18-3-9-24(28)23(15-18)26-27(20-11-13-29-14-12-20)31-21(6-10-25(31)30-26)17-33-16-19-4-7-22(32-2)8-5-19;1-3-4(2)5;1-2-3/h3-5,7-9,11-15,21H,6,10,16-17H2,1-2H3;3H,1-2H2;1H3/t21-;;/m0../s1. The summed E-state index contributed by atoms with van der Waals surface area (Å²) in [6.45, 7) is 10.5. The zero-order valence-corrected chi connectivity index (χ0v) is 23.6. The molecule has 1 atom stereocenters. The van der Waals surface area contributed by atoms with Crippen LogP contribution in [0.3, 0.4) is 0 Å². The molecule has 5 rings (SSSR count). The molecule has 0 saturated carbocycles. The molecule has 0 aliphatic carbocycles. The lowest BCUT2D eigenvalue weighted by Crippen LogP contribution is -2.13. The maximum absolute atomic E-state index is 14.9. The first-order valence-electron chi connectivity index (χ1n) is 13.1. The van der Waals surface area contributed by atoms with E-state index in [9.17, 15) is 8.78 Å². The van der Waals surface area contributed by atoms with Gasteiger partial charge in [0.2, 0.25) is 0 Å². The second-order valence-electron chi connectivity index (χ2n) is 9.24. The third kappa shape index (κ3) is 8.19. The number of benzene rings is 2. The van der Waals surface area contributed by atoms with Crippen LogP contribution >= 0.6 is 0 Å². The third-order valence-corrected chi connectivity index (χ3v) is 6.34. The Kier molecular flexibility index (Phi) is 11.5. The van der Waals surface area contributed by atoms with E-state index in [1.165, 1.54) is 13.0 Å². The molecule has 0 spiro atoms. The summed E-state index contributed by atoms with van der Waals surface area (Å²) in [5, 5.41) is 7.32. The van der Waals surface area contributed by atoms with Gasteiger partial charge in [0.25, 0.3) is 0 Å². The van der Waals surface area contributed by atoms with E-state index >= 15 is 0 Å². The number of hydrogen-bond acceptors (Lipinski definition) is 5. The molecule has 0 fully saturated rings. The summed E-state index contributed by atoms with van der Waals surface area (Å²) >= 11 is 0. The van der Waals surface area contributed by atoms with E-state index in [0.29, 0.717) is 24.5 Å². The Morgan fingerprint density at radius 3 is 2.44 bits per heavy atom. The van der Waals surface area contributed by atoms with Gasteiger partial charge in [0.1, 0.15) is 23.2 Å². The van der Waals surface area contributed by atoms with Crippen molar-refractivity contribution in [3.05, 3.63) is 115 Å². The zero-order chi connectivity index (χ0) is 29.8. The summed E-state index contributed by atoms with van der Waals surface area (Å²) in [5.74, 6) is 1.05. The Morgan fingerprint density at radius 2 is 1.83 bits per heavy atom. The molecule has 0 radical (unpaired) electrons. The Labute approximate surface area is 240 Å². The van der Waals surface area contributed by atoms with Gasteiger partial charge in [0, 0.05) is 36.9 Å². The summed E-state index contributed by atoms with van der Waals surface area (Å²) in [7, 11) is 1.66. The lowest BCUT2D eigenvalue weighted by molar-refractivity contribution is 0.0925. The number of pyridine rings is 1. The number of rotatable bonds is 8. The Balaban J connectivity index is 0.000000515. The molecule has 6 nitrogen and oxygen atoms in total. The number of methoxy groups -OCH3 is 1. The maximum Gasteiger partial charge on any atom is 0.132 e. The molecule has 3 heterocycles. The van der Waals surface area contributed by atoms with E-state index in [2.05, 4.69) is 22.7 Å². The third-order valence-electron chi connectivity index (χ3n) is 6.34. The smallest absolute Gasteiger partial charge is 0.132 e. The molecule has 1 aliphatic rings. The van der Waals surface area contributed by atoms with Crippen LogP contribution in [0.4, 0.5) is 8.78 Å². The van der Waals surface area contributed by atoms with Crippen molar-refractivity contribution in [1.82, 2.24) is 14.5 Å². The van der Waals surface area contributed by atoms with Gasteiger partial charge in [-0.1, -0.05) is 36.9 Å². The second-order valence-corrected chi connectivity index (χ2v) is 9.24. The molecule has 4 aromatic rings. The lowest BCUT2D eigenvalue weighted by atomic mass is 10.0. The minimum Gasteiger partial charge on any atom is -0.497 e. The van der Waals surface area contributed by atoms with Crippen molar-refractivity contribution in [3.63, 3.8) is 0 Å². The number of allylic oxidation sites excluding steroid dienone is 2. The predicted molar refractivity (Wildman–Crippen MR) is 157 cm³/mol. The van der Waals surface area contributed by atoms with E-state index in [1.54, 1.807) is 31.6 Å².